The maximum atomic E-state index is 14.0. The van der Waals surface area contributed by atoms with Crippen LogP contribution in [0.1, 0.15) is 46.5 Å². The number of rotatable bonds is 10. The van der Waals surface area contributed by atoms with Crippen molar-refractivity contribution in [1.29, 1.82) is 0 Å². The lowest BCUT2D eigenvalue weighted by atomic mass is 10.1. The van der Waals surface area contributed by atoms with Gasteiger partial charge in [0.1, 0.15) is 34.8 Å². The first-order valence-corrected chi connectivity index (χ1v) is 17.5. The van der Waals surface area contributed by atoms with Gasteiger partial charge in [0.15, 0.2) is 0 Å². The zero-order valence-corrected chi connectivity index (χ0v) is 28.2. The summed E-state index contributed by atoms with van der Waals surface area (Å²) < 4.78 is 45.0. The molecule has 2 heterocycles. The molecule has 2 saturated carbocycles. The number of amides is 3. The molecule has 1 saturated heterocycles. The molecule has 3 amide bonds. The highest BCUT2D eigenvalue weighted by molar-refractivity contribution is 7.91. The first kappa shape index (κ1) is 33.3. The number of nitrogens with one attached hydrogen (secondary N) is 2. The smallest absolute Gasteiger partial charge is 0.411 e. The molecule has 0 spiro atoms. The van der Waals surface area contributed by atoms with Gasteiger partial charge in [0.05, 0.1) is 30.1 Å². The molecule has 2 aliphatic carbocycles. The molecule has 0 radical (unpaired) electrons. The minimum atomic E-state index is -3.85. The molecule has 1 aliphatic heterocycles. The van der Waals surface area contributed by atoms with Crippen LogP contribution in [0.25, 0.3) is 22.2 Å². The van der Waals surface area contributed by atoms with Gasteiger partial charge in [-0.3, -0.25) is 19.2 Å². The van der Waals surface area contributed by atoms with Gasteiger partial charge in [0.2, 0.25) is 15.9 Å². The third kappa shape index (κ3) is 6.82. The molecule has 12 nitrogen and oxygen atoms in total. The molecule has 3 aliphatic rings. The SMILES string of the molecule is C=CC1C[C@]1(NC(=O)[C@@H]1C[C@@H](Oc2cc(-c3ccccc3)nc3cc(OC)ccc23)CN1C(=O)OC(C)(C)C)C(=O)NS(=O)(=O)C1CC1. The van der Waals surface area contributed by atoms with Crippen molar-refractivity contribution < 1.29 is 37.0 Å². The van der Waals surface area contributed by atoms with Crippen molar-refractivity contribution in [2.24, 2.45) is 5.92 Å². The predicted molar refractivity (Wildman–Crippen MR) is 179 cm³/mol. The number of pyridine rings is 1. The third-order valence-electron chi connectivity index (χ3n) is 8.78. The highest BCUT2D eigenvalue weighted by Crippen LogP contribution is 2.45. The zero-order valence-electron chi connectivity index (χ0n) is 27.4. The number of ether oxygens (including phenoxy) is 3. The van der Waals surface area contributed by atoms with Gasteiger partial charge in [-0.25, -0.2) is 18.2 Å². The minimum absolute atomic E-state index is 0.0216. The van der Waals surface area contributed by atoms with Crippen LogP contribution in [0.2, 0.25) is 0 Å². The van der Waals surface area contributed by atoms with E-state index in [-0.39, 0.29) is 19.4 Å². The van der Waals surface area contributed by atoms with Crippen LogP contribution < -0.4 is 19.5 Å². The maximum Gasteiger partial charge on any atom is 0.411 e. The average Bonchev–Trinajstić information content (AvgIpc) is 3.97. The van der Waals surface area contributed by atoms with Crippen LogP contribution in [0.3, 0.4) is 0 Å². The van der Waals surface area contributed by atoms with Crippen molar-refractivity contribution in [2.75, 3.05) is 13.7 Å². The van der Waals surface area contributed by atoms with Crippen molar-refractivity contribution in [3.8, 4) is 22.8 Å². The average molecular weight is 677 g/mol. The Morgan fingerprint density at radius 2 is 1.81 bits per heavy atom. The monoisotopic (exact) mass is 676 g/mol. The summed E-state index contributed by atoms with van der Waals surface area (Å²) in [7, 11) is -2.28. The summed E-state index contributed by atoms with van der Waals surface area (Å²) in [6.45, 7) is 8.96. The molecule has 4 atom stereocenters. The number of hydrogen-bond acceptors (Lipinski definition) is 9. The Bertz CT molecular complexity index is 1870. The highest BCUT2D eigenvalue weighted by Gasteiger charge is 2.62. The van der Waals surface area contributed by atoms with Crippen LogP contribution in [-0.2, 0) is 24.3 Å². The Balaban J connectivity index is 1.29. The molecule has 6 rings (SSSR count). The van der Waals surface area contributed by atoms with E-state index in [9.17, 15) is 22.8 Å². The van der Waals surface area contributed by atoms with Gasteiger partial charge in [-0.05, 0) is 52.2 Å². The molecular formula is C35H40N4O8S. The zero-order chi connectivity index (χ0) is 34.4. The largest absolute Gasteiger partial charge is 0.497 e. The molecule has 2 N–H and O–H groups in total. The van der Waals surface area contributed by atoms with Crippen LogP contribution in [0.4, 0.5) is 4.79 Å². The topological polar surface area (TPSA) is 153 Å². The lowest BCUT2D eigenvalue weighted by Crippen LogP contribution is -2.56. The summed E-state index contributed by atoms with van der Waals surface area (Å²) in [6.07, 6.45) is 1.39. The molecule has 3 fully saturated rings. The fraction of sp³-hybridized carbons (Fsp3) is 0.429. The van der Waals surface area contributed by atoms with E-state index in [1.54, 1.807) is 33.9 Å². The Morgan fingerprint density at radius 3 is 2.44 bits per heavy atom. The summed E-state index contributed by atoms with van der Waals surface area (Å²) in [4.78, 5) is 46.9. The van der Waals surface area contributed by atoms with E-state index in [2.05, 4.69) is 16.6 Å². The van der Waals surface area contributed by atoms with Gasteiger partial charge < -0.3 is 19.5 Å². The normalized spacial score (nSPS) is 23.7. The van der Waals surface area contributed by atoms with Gasteiger partial charge in [-0.2, -0.15) is 0 Å². The van der Waals surface area contributed by atoms with Gasteiger partial charge >= 0.3 is 6.09 Å². The van der Waals surface area contributed by atoms with E-state index in [1.165, 1.54) is 11.0 Å². The fourth-order valence-corrected chi connectivity index (χ4v) is 7.37. The van der Waals surface area contributed by atoms with E-state index < -0.39 is 62.4 Å². The first-order valence-electron chi connectivity index (χ1n) is 15.9. The van der Waals surface area contributed by atoms with Crippen molar-refractivity contribution in [3.63, 3.8) is 0 Å². The van der Waals surface area contributed by atoms with E-state index in [4.69, 9.17) is 19.2 Å². The molecule has 3 aromatic rings. The quantitative estimate of drug-likeness (QED) is 0.299. The molecule has 1 aromatic heterocycles. The number of nitrogens with zero attached hydrogens (tertiary/aromatic N) is 2. The van der Waals surface area contributed by atoms with Crippen molar-refractivity contribution in [2.45, 2.75) is 75.0 Å². The number of hydrogen-bond donors (Lipinski definition) is 2. The van der Waals surface area contributed by atoms with E-state index in [1.807, 2.05) is 48.5 Å². The Morgan fingerprint density at radius 1 is 1.08 bits per heavy atom. The number of carbonyl (C=O) groups is 3. The second kappa shape index (κ2) is 12.4. The Kier molecular flexibility index (Phi) is 8.61. The van der Waals surface area contributed by atoms with Gasteiger partial charge in [0.25, 0.3) is 5.91 Å². The number of sulfonamides is 1. The second-order valence-corrected chi connectivity index (χ2v) is 15.5. The first-order chi connectivity index (χ1) is 22.7. The van der Waals surface area contributed by atoms with Gasteiger partial charge in [-0.15, -0.1) is 6.58 Å². The lowest BCUT2D eigenvalue weighted by molar-refractivity contribution is -0.131. The Labute approximate surface area is 279 Å². The van der Waals surface area contributed by atoms with E-state index >= 15 is 0 Å². The van der Waals surface area contributed by atoms with Gasteiger partial charge in [0, 0.05) is 35.4 Å². The van der Waals surface area contributed by atoms with Crippen LogP contribution in [-0.4, -0.2) is 78.4 Å². The van der Waals surface area contributed by atoms with Crippen LogP contribution in [0.5, 0.6) is 11.5 Å². The molecule has 13 heteroatoms. The molecular weight excluding hydrogens is 636 g/mol. The fourth-order valence-electron chi connectivity index (χ4n) is 6.01. The standard InChI is InChI=1S/C35H40N4O8S/c1-6-22-19-35(22,32(41)38-48(43,44)25-13-14-25)37-31(40)29-17-24(20-39(29)33(42)47-34(2,3)4)46-30-18-27(21-10-8-7-9-11-21)36-28-16-23(45-5)12-15-26(28)30/h6-12,15-16,18,22,24-25,29H,1,13-14,17,19-20H2,2-5H3,(H,37,40)(H,38,41)/t22?,24-,29+,35-/m1/s1. The number of aromatic nitrogens is 1. The summed E-state index contributed by atoms with van der Waals surface area (Å²) in [5, 5.41) is 2.88. The number of carbonyl (C=O) groups excluding carboxylic acids is 3. The predicted octanol–water partition coefficient (Wildman–Crippen LogP) is 4.34. The van der Waals surface area contributed by atoms with Crippen molar-refractivity contribution in [3.05, 3.63) is 67.3 Å². The van der Waals surface area contributed by atoms with Crippen molar-refractivity contribution >= 4 is 38.8 Å². The summed E-state index contributed by atoms with van der Waals surface area (Å²) >= 11 is 0. The summed E-state index contributed by atoms with van der Waals surface area (Å²) in [5.74, 6) is -0.776. The maximum absolute atomic E-state index is 14.0. The number of benzene rings is 2. The third-order valence-corrected chi connectivity index (χ3v) is 10.6. The van der Waals surface area contributed by atoms with Crippen LogP contribution in [0.15, 0.2) is 67.3 Å². The van der Waals surface area contributed by atoms with E-state index in [0.29, 0.717) is 40.9 Å². The van der Waals surface area contributed by atoms with Crippen molar-refractivity contribution in [1.82, 2.24) is 19.9 Å². The van der Waals surface area contributed by atoms with Crippen LogP contribution in [0, 0.1) is 5.92 Å². The van der Waals surface area contributed by atoms with E-state index in [0.717, 1.165) is 5.56 Å². The molecule has 48 heavy (non-hydrogen) atoms. The number of likely N-dealkylation sites (tertiary alicyclic amines) is 1. The minimum Gasteiger partial charge on any atom is -0.497 e. The molecule has 2 aromatic carbocycles. The van der Waals surface area contributed by atoms with Crippen LogP contribution >= 0.6 is 0 Å². The summed E-state index contributed by atoms with van der Waals surface area (Å²) in [6, 6.07) is 15.8. The number of fused-ring (bicyclic) bond motifs is 1. The molecule has 1 unspecified atom stereocenters. The highest BCUT2D eigenvalue weighted by atomic mass is 32.2. The number of methoxy groups -OCH3 is 1. The van der Waals surface area contributed by atoms with Gasteiger partial charge in [-0.1, -0.05) is 36.4 Å². The molecule has 0 bridgehead atoms. The summed E-state index contributed by atoms with van der Waals surface area (Å²) in [5.41, 5.74) is -0.157. The second-order valence-electron chi connectivity index (χ2n) is 13.6. The molecule has 254 valence electrons. The lowest BCUT2D eigenvalue weighted by Gasteiger charge is -2.29. The Hall–Kier alpha value is -4.65.